The van der Waals surface area contributed by atoms with Gasteiger partial charge in [0.15, 0.2) is 0 Å². The van der Waals surface area contributed by atoms with Gasteiger partial charge in [-0.05, 0) is 31.4 Å². The van der Waals surface area contributed by atoms with Gasteiger partial charge in [-0.15, -0.1) is 0 Å². The molecule has 1 N–H and O–H groups in total. The molecule has 1 aromatic carbocycles. The van der Waals surface area contributed by atoms with Gasteiger partial charge < -0.3 is 15.0 Å². The largest absolute Gasteiger partial charge is 0.379 e. The highest BCUT2D eigenvalue weighted by molar-refractivity contribution is 6.31. The van der Waals surface area contributed by atoms with Gasteiger partial charge in [-0.25, -0.2) is 0 Å². The Morgan fingerprint density at radius 3 is 2.89 bits per heavy atom. The van der Waals surface area contributed by atoms with Crippen LogP contribution in [0.15, 0.2) is 18.2 Å². The smallest absolute Gasteiger partial charge is 0.0670 e. The van der Waals surface area contributed by atoms with Crippen molar-refractivity contribution in [3.8, 4) is 0 Å². The third-order valence-corrected chi connectivity index (χ3v) is 4.43. The number of benzene rings is 1. The van der Waals surface area contributed by atoms with Gasteiger partial charge in [-0.3, -0.25) is 0 Å². The summed E-state index contributed by atoms with van der Waals surface area (Å²) in [7, 11) is 2.14. The molecule has 0 bridgehead atoms. The van der Waals surface area contributed by atoms with Crippen LogP contribution >= 0.6 is 11.6 Å². The summed E-state index contributed by atoms with van der Waals surface area (Å²) in [6.45, 7) is 2.54. The third-order valence-electron chi connectivity index (χ3n) is 4.07. The molecule has 3 nitrogen and oxygen atoms in total. The molecule has 1 saturated carbocycles. The molecule has 2 fully saturated rings. The third kappa shape index (κ3) is 3.04. The molecule has 1 aliphatic carbocycles. The molecule has 1 unspecified atom stereocenters. The van der Waals surface area contributed by atoms with E-state index < -0.39 is 0 Å². The Morgan fingerprint density at radius 1 is 1.37 bits per heavy atom. The number of nitrogens with zero attached hydrogens (tertiary/aromatic N) is 1. The van der Waals surface area contributed by atoms with Gasteiger partial charge in [0, 0.05) is 42.5 Å². The van der Waals surface area contributed by atoms with Crippen molar-refractivity contribution in [2.45, 2.75) is 37.9 Å². The Labute approximate surface area is 119 Å². The molecular weight excluding hydrogens is 260 g/mol. The first-order chi connectivity index (χ1) is 9.25. The number of ether oxygens (including phenoxy) is 1. The number of anilines is 1. The van der Waals surface area contributed by atoms with Crippen LogP contribution in [0.2, 0.25) is 5.02 Å². The second-order valence-corrected chi connectivity index (χ2v) is 5.93. The molecule has 1 aromatic rings. The summed E-state index contributed by atoms with van der Waals surface area (Å²) < 4.78 is 5.49. The van der Waals surface area contributed by atoms with Crippen LogP contribution in [0.5, 0.6) is 0 Å². The lowest BCUT2D eigenvalue weighted by atomic mass is 10.1. The maximum atomic E-state index is 6.39. The molecule has 3 rings (SSSR count). The zero-order valence-corrected chi connectivity index (χ0v) is 12.1. The van der Waals surface area contributed by atoms with Crippen molar-refractivity contribution in [2.24, 2.45) is 0 Å². The average molecular weight is 281 g/mol. The van der Waals surface area contributed by atoms with E-state index in [4.69, 9.17) is 16.3 Å². The van der Waals surface area contributed by atoms with E-state index in [9.17, 15) is 0 Å². The second kappa shape index (κ2) is 5.70. The van der Waals surface area contributed by atoms with Crippen molar-refractivity contribution in [1.82, 2.24) is 5.32 Å². The van der Waals surface area contributed by atoms with Gasteiger partial charge in [-0.1, -0.05) is 17.7 Å². The van der Waals surface area contributed by atoms with Gasteiger partial charge in [0.2, 0.25) is 0 Å². The molecule has 0 spiro atoms. The first-order valence-electron chi connectivity index (χ1n) is 7.07. The summed E-state index contributed by atoms with van der Waals surface area (Å²) in [4.78, 5) is 2.32. The van der Waals surface area contributed by atoms with Crippen LogP contribution < -0.4 is 10.2 Å². The topological polar surface area (TPSA) is 24.5 Å². The molecule has 0 radical (unpaired) electrons. The highest BCUT2D eigenvalue weighted by Crippen LogP contribution is 2.30. The first-order valence-corrected chi connectivity index (χ1v) is 7.45. The number of hydrogen-bond donors (Lipinski definition) is 1. The Balaban J connectivity index is 1.79. The van der Waals surface area contributed by atoms with Crippen molar-refractivity contribution in [3.05, 3.63) is 28.8 Å². The van der Waals surface area contributed by atoms with E-state index in [2.05, 4.69) is 23.3 Å². The molecule has 4 heteroatoms. The quantitative estimate of drug-likeness (QED) is 0.898. The SMILES string of the molecule is CN(c1cccc(Cl)c1CNC1CC1)C1CCOC1. The van der Waals surface area contributed by atoms with E-state index in [0.29, 0.717) is 12.1 Å². The molecule has 1 atom stereocenters. The predicted molar refractivity (Wildman–Crippen MR) is 78.9 cm³/mol. The highest BCUT2D eigenvalue weighted by atomic mass is 35.5. The number of hydrogen-bond acceptors (Lipinski definition) is 3. The Bertz CT molecular complexity index is 442. The predicted octanol–water partition coefficient (Wildman–Crippen LogP) is 2.82. The van der Waals surface area contributed by atoms with Gasteiger partial charge >= 0.3 is 0 Å². The second-order valence-electron chi connectivity index (χ2n) is 5.52. The number of rotatable bonds is 5. The van der Waals surface area contributed by atoms with Crippen molar-refractivity contribution >= 4 is 17.3 Å². The van der Waals surface area contributed by atoms with Crippen LogP contribution in [0.25, 0.3) is 0 Å². The van der Waals surface area contributed by atoms with E-state index in [1.54, 1.807) is 0 Å². The average Bonchev–Trinajstić information content (AvgIpc) is 3.08. The van der Waals surface area contributed by atoms with Crippen molar-refractivity contribution in [2.75, 3.05) is 25.2 Å². The van der Waals surface area contributed by atoms with Crippen LogP contribution in [-0.2, 0) is 11.3 Å². The number of likely N-dealkylation sites (N-methyl/N-ethyl adjacent to an activating group) is 1. The fourth-order valence-corrected chi connectivity index (χ4v) is 2.85. The summed E-state index contributed by atoms with van der Waals surface area (Å²) in [6.07, 6.45) is 3.69. The number of nitrogens with one attached hydrogen (secondary N) is 1. The normalized spacial score (nSPS) is 22.7. The zero-order valence-electron chi connectivity index (χ0n) is 11.4. The van der Waals surface area contributed by atoms with Gasteiger partial charge in [-0.2, -0.15) is 0 Å². The lowest BCUT2D eigenvalue weighted by molar-refractivity contribution is 0.193. The van der Waals surface area contributed by atoms with Crippen LogP contribution in [0.1, 0.15) is 24.8 Å². The Hall–Kier alpha value is -0.770. The fraction of sp³-hybridized carbons (Fsp3) is 0.600. The summed E-state index contributed by atoms with van der Waals surface area (Å²) in [5.74, 6) is 0. The highest BCUT2D eigenvalue weighted by Gasteiger charge is 2.24. The first kappa shape index (κ1) is 13.2. The molecule has 104 valence electrons. The van der Waals surface area contributed by atoms with Crippen molar-refractivity contribution < 1.29 is 4.74 Å². The van der Waals surface area contributed by atoms with Gasteiger partial charge in [0.25, 0.3) is 0 Å². The summed E-state index contributed by atoms with van der Waals surface area (Å²) in [5.41, 5.74) is 2.45. The summed E-state index contributed by atoms with van der Waals surface area (Å²) in [6, 6.07) is 7.34. The van der Waals surface area contributed by atoms with Crippen LogP contribution in [-0.4, -0.2) is 32.3 Å². The van der Waals surface area contributed by atoms with E-state index >= 15 is 0 Å². The van der Waals surface area contributed by atoms with Crippen LogP contribution in [0.4, 0.5) is 5.69 Å². The van der Waals surface area contributed by atoms with Crippen LogP contribution in [0, 0.1) is 0 Å². The lowest BCUT2D eigenvalue weighted by Gasteiger charge is -2.28. The minimum absolute atomic E-state index is 0.471. The van der Waals surface area contributed by atoms with Crippen molar-refractivity contribution in [3.63, 3.8) is 0 Å². The van der Waals surface area contributed by atoms with Crippen molar-refractivity contribution in [1.29, 1.82) is 0 Å². The van der Waals surface area contributed by atoms with E-state index in [1.165, 1.54) is 24.1 Å². The molecule has 1 heterocycles. The minimum atomic E-state index is 0.471. The number of halogens is 1. The summed E-state index contributed by atoms with van der Waals surface area (Å²) >= 11 is 6.39. The zero-order chi connectivity index (χ0) is 13.2. The summed E-state index contributed by atoms with van der Waals surface area (Å²) in [5, 5.41) is 4.41. The lowest BCUT2D eigenvalue weighted by Crippen LogP contribution is -2.33. The monoisotopic (exact) mass is 280 g/mol. The van der Waals surface area contributed by atoms with E-state index in [1.807, 2.05) is 12.1 Å². The molecule has 2 aliphatic rings. The van der Waals surface area contributed by atoms with E-state index in [-0.39, 0.29) is 0 Å². The molecule has 0 aromatic heterocycles. The maximum absolute atomic E-state index is 6.39. The molecule has 19 heavy (non-hydrogen) atoms. The van der Waals surface area contributed by atoms with Crippen LogP contribution in [0.3, 0.4) is 0 Å². The standard InChI is InChI=1S/C15H21ClN2O/c1-18(12-7-8-19-10-12)15-4-2-3-14(16)13(15)9-17-11-5-6-11/h2-4,11-12,17H,5-10H2,1H3. The fourth-order valence-electron chi connectivity index (χ4n) is 2.61. The molecule has 0 amide bonds. The van der Waals surface area contributed by atoms with E-state index in [0.717, 1.165) is 31.2 Å². The minimum Gasteiger partial charge on any atom is -0.379 e. The van der Waals surface area contributed by atoms with Gasteiger partial charge in [0.1, 0.15) is 0 Å². The Kier molecular flexibility index (Phi) is 3.96. The van der Waals surface area contributed by atoms with Gasteiger partial charge in [0.05, 0.1) is 12.6 Å². The maximum Gasteiger partial charge on any atom is 0.0670 e. The Morgan fingerprint density at radius 2 is 2.21 bits per heavy atom. The molecule has 1 saturated heterocycles. The molecular formula is C15H21ClN2O. The molecule has 1 aliphatic heterocycles.